The van der Waals surface area contributed by atoms with Crippen molar-refractivity contribution in [2.75, 3.05) is 5.75 Å². The van der Waals surface area contributed by atoms with E-state index in [1.165, 1.54) is 0 Å². The first-order chi connectivity index (χ1) is 2.89. The SMILES string of the molecule is S=S1CC=CN1. The fraction of sp³-hybridized carbons (Fsp3) is 0.333. The maximum absolute atomic E-state index is 4.86. The van der Waals surface area contributed by atoms with Crippen LogP contribution in [0.5, 0.6) is 0 Å². The smallest absolute Gasteiger partial charge is 0.0362 e. The third-order valence-electron chi connectivity index (χ3n) is 0.565. The molecule has 34 valence electrons. The lowest BCUT2D eigenvalue weighted by Crippen LogP contribution is -2.01. The summed E-state index contributed by atoms with van der Waals surface area (Å²) in [5.41, 5.74) is 0. The Labute approximate surface area is 44.2 Å². The Balaban J connectivity index is 2.52. The molecule has 1 aliphatic rings. The molecule has 0 bridgehead atoms. The van der Waals surface area contributed by atoms with Crippen LogP contribution >= 0.6 is 0 Å². The number of nitrogens with one attached hydrogen (secondary N) is 1. The van der Waals surface area contributed by atoms with Crippen LogP contribution in [-0.2, 0) is 20.8 Å². The summed E-state index contributed by atoms with van der Waals surface area (Å²) < 4.78 is 2.98. The van der Waals surface area contributed by atoms with E-state index < -0.39 is 0 Å². The number of rotatable bonds is 0. The highest BCUT2D eigenvalue weighted by Gasteiger charge is 1.90. The molecule has 6 heavy (non-hydrogen) atoms. The second kappa shape index (κ2) is 1.71. The van der Waals surface area contributed by atoms with Crippen molar-refractivity contribution in [3.63, 3.8) is 0 Å². The molecule has 1 N–H and O–H groups in total. The zero-order valence-corrected chi connectivity index (χ0v) is 4.81. The van der Waals surface area contributed by atoms with Crippen LogP contribution < -0.4 is 4.72 Å². The molecule has 1 nitrogen and oxygen atoms in total. The van der Waals surface area contributed by atoms with Crippen LogP contribution in [0, 0.1) is 0 Å². The van der Waals surface area contributed by atoms with Gasteiger partial charge in [0.2, 0.25) is 0 Å². The van der Waals surface area contributed by atoms with Crippen molar-refractivity contribution in [2.24, 2.45) is 0 Å². The van der Waals surface area contributed by atoms with Crippen LogP contribution in [-0.4, -0.2) is 5.75 Å². The van der Waals surface area contributed by atoms with Gasteiger partial charge in [-0.1, -0.05) is 6.08 Å². The average Bonchev–Trinajstić information content (AvgIpc) is 1.86. The van der Waals surface area contributed by atoms with Crippen molar-refractivity contribution < 1.29 is 0 Å². The van der Waals surface area contributed by atoms with E-state index in [1.54, 1.807) is 0 Å². The molecule has 0 aromatic carbocycles. The standard InChI is InChI=1S/C3H5NS2/c5-6-3-1-2-4-6/h1-2,4H,3H2. The summed E-state index contributed by atoms with van der Waals surface area (Å²) in [6.07, 6.45) is 3.96. The Kier molecular flexibility index (Phi) is 1.22. The first-order valence-electron chi connectivity index (χ1n) is 1.69. The van der Waals surface area contributed by atoms with Gasteiger partial charge in [0.15, 0.2) is 0 Å². The molecule has 0 spiro atoms. The van der Waals surface area contributed by atoms with Crippen LogP contribution in [0.3, 0.4) is 0 Å². The van der Waals surface area contributed by atoms with Crippen molar-refractivity contribution >= 4 is 20.8 Å². The van der Waals surface area contributed by atoms with E-state index in [1.807, 2.05) is 6.20 Å². The number of hydrogen-bond donors (Lipinski definition) is 1. The third-order valence-corrected chi connectivity index (χ3v) is 2.16. The normalized spacial score (nSPS) is 30.3. The molecule has 0 aromatic rings. The van der Waals surface area contributed by atoms with Gasteiger partial charge in [-0.05, 0) is 20.8 Å². The van der Waals surface area contributed by atoms with Gasteiger partial charge in [0, 0.05) is 12.0 Å². The average molecular weight is 119 g/mol. The molecule has 1 atom stereocenters. The Hall–Kier alpha value is 0.110. The maximum atomic E-state index is 4.86. The fourth-order valence-corrected chi connectivity index (χ4v) is 1.33. The molecule has 1 heterocycles. The molecule has 1 aliphatic heterocycles. The van der Waals surface area contributed by atoms with Crippen LogP contribution in [0.1, 0.15) is 0 Å². The lowest BCUT2D eigenvalue weighted by molar-refractivity contribution is 1.45. The van der Waals surface area contributed by atoms with Crippen molar-refractivity contribution in [1.82, 2.24) is 4.72 Å². The highest BCUT2D eigenvalue weighted by atomic mass is 32.8. The monoisotopic (exact) mass is 119 g/mol. The summed E-state index contributed by atoms with van der Waals surface area (Å²) in [5, 5.41) is 0. The summed E-state index contributed by atoms with van der Waals surface area (Å²) in [6, 6.07) is 0. The van der Waals surface area contributed by atoms with Gasteiger partial charge in [0.25, 0.3) is 0 Å². The van der Waals surface area contributed by atoms with Crippen LogP contribution in [0.25, 0.3) is 0 Å². The second-order valence-corrected chi connectivity index (χ2v) is 3.50. The summed E-state index contributed by atoms with van der Waals surface area (Å²) in [4.78, 5) is 0. The van der Waals surface area contributed by atoms with Crippen molar-refractivity contribution in [1.29, 1.82) is 0 Å². The molecule has 0 aliphatic carbocycles. The predicted molar refractivity (Wildman–Crippen MR) is 31.9 cm³/mol. The van der Waals surface area contributed by atoms with Gasteiger partial charge in [0.05, 0.1) is 0 Å². The Morgan fingerprint density at radius 2 is 2.67 bits per heavy atom. The number of hydrogen-bond acceptors (Lipinski definition) is 1. The van der Waals surface area contributed by atoms with Crippen LogP contribution in [0.4, 0.5) is 0 Å². The summed E-state index contributed by atoms with van der Waals surface area (Å²) >= 11 is 4.86. The fourth-order valence-electron chi connectivity index (χ4n) is 0.308. The van der Waals surface area contributed by atoms with Gasteiger partial charge in [0.1, 0.15) is 0 Å². The van der Waals surface area contributed by atoms with Gasteiger partial charge in [-0.25, -0.2) is 0 Å². The largest absolute Gasteiger partial charge is 0.334 e. The first-order valence-corrected chi connectivity index (χ1v) is 4.01. The van der Waals surface area contributed by atoms with Crippen molar-refractivity contribution in [3.05, 3.63) is 12.3 Å². The first kappa shape index (κ1) is 4.27. The third kappa shape index (κ3) is 0.786. The molecular formula is C3H5NS2. The van der Waals surface area contributed by atoms with E-state index in [2.05, 4.69) is 10.8 Å². The van der Waals surface area contributed by atoms with Gasteiger partial charge < -0.3 is 4.72 Å². The molecular weight excluding hydrogens is 114 g/mol. The Bertz CT molecular complexity index is 87.0. The van der Waals surface area contributed by atoms with E-state index in [0.717, 1.165) is 5.75 Å². The minimum Gasteiger partial charge on any atom is -0.334 e. The Morgan fingerprint density at radius 1 is 1.83 bits per heavy atom. The summed E-state index contributed by atoms with van der Waals surface area (Å²) in [7, 11) is 0.0494. The van der Waals surface area contributed by atoms with E-state index in [0.29, 0.717) is 0 Å². The topological polar surface area (TPSA) is 12.0 Å². The van der Waals surface area contributed by atoms with Gasteiger partial charge in [-0.15, -0.1) is 0 Å². The predicted octanol–water partition coefficient (Wildman–Crippen LogP) is 0.0985. The van der Waals surface area contributed by atoms with Gasteiger partial charge in [-0.3, -0.25) is 0 Å². The van der Waals surface area contributed by atoms with E-state index in [4.69, 9.17) is 11.2 Å². The molecule has 3 heteroatoms. The van der Waals surface area contributed by atoms with Crippen molar-refractivity contribution in [3.8, 4) is 0 Å². The maximum Gasteiger partial charge on any atom is 0.0362 e. The van der Waals surface area contributed by atoms with E-state index >= 15 is 0 Å². The molecule has 1 unspecified atom stereocenters. The molecule has 0 saturated carbocycles. The molecule has 1 rings (SSSR count). The summed E-state index contributed by atoms with van der Waals surface area (Å²) in [6.45, 7) is 0. The minimum atomic E-state index is 0.0494. The lowest BCUT2D eigenvalue weighted by atomic mass is 10.7. The summed E-state index contributed by atoms with van der Waals surface area (Å²) in [5.74, 6) is 1.04. The zero-order valence-electron chi connectivity index (χ0n) is 3.18. The minimum absolute atomic E-state index is 0.0494. The van der Waals surface area contributed by atoms with Crippen LogP contribution in [0.15, 0.2) is 12.3 Å². The van der Waals surface area contributed by atoms with Gasteiger partial charge in [-0.2, -0.15) is 0 Å². The van der Waals surface area contributed by atoms with Crippen LogP contribution in [0.2, 0.25) is 0 Å². The van der Waals surface area contributed by atoms with E-state index in [-0.39, 0.29) is 9.64 Å². The van der Waals surface area contributed by atoms with E-state index in [9.17, 15) is 0 Å². The molecule has 0 saturated heterocycles. The zero-order chi connectivity index (χ0) is 4.41. The molecule has 0 amide bonds. The molecule has 0 radical (unpaired) electrons. The molecule has 0 fully saturated rings. The highest BCUT2D eigenvalue weighted by Crippen LogP contribution is 1.85. The second-order valence-electron chi connectivity index (χ2n) is 1.03. The highest BCUT2D eigenvalue weighted by molar-refractivity contribution is 8.28. The lowest BCUT2D eigenvalue weighted by Gasteiger charge is -1.86. The van der Waals surface area contributed by atoms with Crippen molar-refractivity contribution in [2.45, 2.75) is 0 Å². The quantitative estimate of drug-likeness (QED) is 0.485. The molecule has 0 aromatic heterocycles. The van der Waals surface area contributed by atoms with Gasteiger partial charge >= 0.3 is 0 Å². The Morgan fingerprint density at radius 3 is 2.83 bits per heavy atom.